The Balaban J connectivity index is 1.72. The Hall–Kier alpha value is -2.59. The Labute approximate surface area is 147 Å². The Morgan fingerprint density at radius 2 is 1.92 bits per heavy atom. The molecule has 4 nitrogen and oxygen atoms in total. The molecule has 0 radical (unpaired) electrons. The first-order chi connectivity index (χ1) is 12.2. The van der Waals surface area contributed by atoms with Gasteiger partial charge in [0.25, 0.3) is 5.91 Å². The maximum atomic E-state index is 13.4. The third kappa shape index (κ3) is 3.05. The van der Waals surface area contributed by atoms with Gasteiger partial charge in [-0.15, -0.1) is 0 Å². The van der Waals surface area contributed by atoms with E-state index in [0.29, 0.717) is 18.2 Å². The van der Waals surface area contributed by atoms with E-state index in [4.69, 9.17) is 4.74 Å². The predicted molar refractivity (Wildman–Crippen MR) is 100.0 cm³/mol. The number of amides is 1. The number of para-hydroxylation sites is 2. The van der Waals surface area contributed by atoms with Crippen molar-refractivity contribution in [2.24, 2.45) is 13.0 Å². The van der Waals surface area contributed by atoms with Crippen molar-refractivity contribution in [3.63, 3.8) is 0 Å². The number of anilines is 1. The molecule has 0 bridgehead atoms. The number of nitrogens with zero attached hydrogens (tertiary/aromatic N) is 2. The lowest BCUT2D eigenvalue weighted by Gasteiger charge is -2.25. The lowest BCUT2D eigenvalue weighted by molar-refractivity contribution is 0.0974. The summed E-state index contributed by atoms with van der Waals surface area (Å²) in [6, 6.07) is 20.0. The molecule has 1 aliphatic rings. The molecular weight excluding hydrogens is 312 g/mol. The molecule has 0 N–H and O–H groups in total. The predicted octanol–water partition coefficient (Wildman–Crippen LogP) is 3.86. The Morgan fingerprint density at radius 3 is 2.64 bits per heavy atom. The van der Waals surface area contributed by atoms with Gasteiger partial charge in [-0.1, -0.05) is 36.4 Å². The monoisotopic (exact) mass is 334 g/mol. The van der Waals surface area contributed by atoms with Gasteiger partial charge in [-0.05, 0) is 30.7 Å². The maximum absolute atomic E-state index is 13.4. The Morgan fingerprint density at radius 1 is 1.16 bits per heavy atom. The molecule has 1 atom stereocenters. The average molecular weight is 334 g/mol. The van der Waals surface area contributed by atoms with Crippen molar-refractivity contribution in [3.8, 4) is 0 Å². The normalized spacial score (nSPS) is 17.1. The van der Waals surface area contributed by atoms with Crippen LogP contribution in [-0.4, -0.2) is 30.2 Å². The largest absolute Gasteiger partial charge is 0.381 e. The van der Waals surface area contributed by atoms with Gasteiger partial charge in [-0.3, -0.25) is 4.79 Å². The summed E-state index contributed by atoms with van der Waals surface area (Å²) in [6.07, 6.45) is 1.01. The lowest BCUT2D eigenvalue weighted by Crippen LogP contribution is -2.36. The van der Waals surface area contributed by atoms with Gasteiger partial charge in [0.2, 0.25) is 0 Å². The topological polar surface area (TPSA) is 34.5 Å². The van der Waals surface area contributed by atoms with Crippen LogP contribution in [0.5, 0.6) is 0 Å². The van der Waals surface area contributed by atoms with Crippen LogP contribution in [0.2, 0.25) is 0 Å². The quantitative estimate of drug-likeness (QED) is 0.726. The van der Waals surface area contributed by atoms with E-state index in [0.717, 1.165) is 36.2 Å². The lowest BCUT2D eigenvalue weighted by atomic mass is 10.1. The number of aromatic nitrogens is 1. The van der Waals surface area contributed by atoms with Gasteiger partial charge in [0, 0.05) is 42.7 Å². The number of fused-ring (bicyclic) bond motifs is 1. The van der Waals surface area contributed by atoms with E-state index in [1.54, 1.807) is 0 Å². The van der Waals surface area contributed by atoms with Gasteiger partial charge in [-0.2, -0.15) is 0 Å². The molecule has 0 spiro atoms. The maximum Gasteiger partial charge on any atom is 0.274 e. The van der Waals surface area contributed by atoms with E-state index < -0.39 is 0 Å². The standard InChI is InChI=1S/C21H22N2O2/c1-22-19-10-6-5-7-17(19)13-20(22)21(24)23(14-16-11-12-25-15-16)18-8-3-2-4-9-18/h2-10,13,16H,11-12,14-15H2,1H3/t16-/m0/s1. The molecule has 25 heavy (non-hydrogen) atoms. The molecule has 1 saturated heterocycles. The third-order valence-corrected chi connectivity index (χ3v) is 4.95. The molecule has 0 saturated carbocycles. The molecule has 128 valence electrons. The summed E-state index contributed by atoms with van der Waals surface area (Å²) in [5, 5.41) is 1.09. The van der Waals surface area contributed by atoms with Crippen LogP contribution in [0.4, 0.5) is 5.69 Å². The van der Waals surface area contributed by atoms with E-state index in [2.05, 4.69) is 0 Å². The number of carbonyl (C=O) groups is 1. The highest BCUT2D eigenvalue weighted by molar-refractivity contribution is 6.08. The zero-order valence-electron chi connectivity index (χ0n) is 14.4. The summed E-state index contributed by atoms with van der Waals surface area (Å²) in [4.78, 5) is 15.3. The number of aryl methyl sites for hydroxylation is 1. The number of rotatable bonds is 4. The van der Waals surface area contributed by atoms with Gasteiger partial charge in [0.05, 0.1) is 6.61 Å². The van der Waals surface area contributed by atoms with E-state index in [1.807, 2.05) is 77.2 Å². The van der Waals surface area contributed by atoms with E-state index in [1.165, 1.54) is 0 Å². The highest BCUT2D eigenvalue weighted by Gasteiger charge is 2.26. The van der Waals surface area contributed by atoms with Crippen LogP contribution in [-0.2, 0) is 11.8 Å². The van der Waals surface area contributed by atoms with Gasteiger partial charge < -0.3 is 14.2 Å². The minimum atomic E-state index is 0.0387. The molecule has 1 aliphatic heterocycles. The van der Waals surface area contributed by atoms with Gasteiger partial charge >= 0.3 is 0 Å². The zero-order valence-corrected chi connectivity index (χ0v) is 14.4. The number of ether oxygens (including phenoxy) is 1. The molecule has 1 aromatic heterocycles. The van der Waals surface area contributed by atoms with Crippen molar-refractivity contribution in [2.75, 3.05) is 24.7 Å². The molecule has 4 rings (SSSR count). The summed E-state index contributed by atoms with van der Waals surface area (Å²) in [7, 11) is 1.96. The van der Waals surface area contributed by atoms with Crippen LogP contribution in [0.1, 0.15) is 16.9 Å². The molecule has 2 heterocycles. The SMILES string of the molecule is Cn1c(C(=O)N(C[C@@H]2CCOC2)c2ccccc2)cc2ccccc21. The minimum Gasteiger partial charge on any atom is -0.381 e. The average Bonchev–Trinajstić information content (AvgIpc) is 3.28. The van der Waals surface area contributed by atoms with Crippen molar-refractivity contribution >= 4 is 22.5 Å². The van der Waals surface area contributed by atoms with Crippen molar-refractivity contribution in [2.45, 2.75) is 6.42 Å². The summed E-state index contributed by atoms with van der Waals surface area (Å²) in [6.45, 7) is 2.20. The molecule has 3 aromatic rings. The number of carbonyl (C=O) groups excluding carboxylic acids is 1. The van der Waals surface area contributed by atoms with E-state index >= 15 is 0 Å². The van der Waals surface area contributed by atoms with Crippen molar-refractivity contribution in [1.82, 2.24) is 4.57 Å². The van der Waals surface area contributed by atoms with Crippen LogP contribution in [0.25, 0.3) is 10.9 Å². The highest BCUT2D eigenvalue weighted by Crippen LogP contribution is 2.25. The molecular formula is C21H22N2O2. The fourth-order valence-corrected chi connectivity index (χ4v) is 3.53. The van der Waals surface area contributed by atoms with Crippen LogP contribution in [0, 0.1) is 5.92 Å². The van der Waals surface area contributed by atoms with Gasteiger partial charge in [0.15, 0.2) is 0 Å². The van der Waals surface area contributed by atoms with Crippen molar-refractivity contribution in [1.29, 1.82) is 0 Å². The number of benzene rings is 2. The second-order valence-corrected chi connectivity index (χ2v) is 6.63. The van der Waals surface area contributed by atoms with Crippen LogP contribution in [0.15, 0.2) is 60.7 Å². The number of hydrogen-bond acceptors (Lipinski definition) is 2. The first kappa shape index (κ1) is 15.9. The summed E-state index contributed by atoms with van der Waals surface area (Å²) >= 11 is 0. The van der Waals surface area contributed by atoms with Crippen molar-refractivity contribution < 1.29 is 9.53 Å². The molecule has 4 heteroatoms. The number of hydrogen-bond donors (Lipinski definition) is 0. The highest BCUT2D eigenvalue weighted by atomic mass is 16.5. The molecule has 0 aliphatic carbocycles. The second-order valence-electron chi connectivity index (χ2n) is 6.63. The zero-order chi connectivity index (χ0) is 17.2. The minimum absolute atomic E-state index is 0.0387. The first-order valence-electron chi connectivity index (χ1n) is 8.73. The Bertz CT molecular complexity index is 879. The van der Waals surface area contributed by atoms with Gasteiger partial charge in [-0.25, -0.2) is 0 Å². The third-order valence-electron chi connectivity index (χ3n) is 4.95. The van der Waals surface area contributed by atoms with Crippen LogP contribution in [0.3, 0.4) is 0 Å². The molecule has 1 fully saturated rings. The van der Waals surface area contributed by atoms with E-state index in [-0.39, 0.29) is 5.91 Å². The van der Waals surface area contributed by atoms with Crippen LogP contribution < -0.4 is 4.90 Å². The summed E-state index contributed by atoms with van der Waals surface area (Å²) in [5.74, 6) is 0.427. The van der Waals surface area contributed by atoms with Gasteiger partial charge in [0.1, 0.15) is 5.69 Å². The molecule has 1 amide bonds. The Kier molecular flexibility index (Phi) is 4.28. The summed E-state index contributed by atoms with van der Waals surface area (Å²) < 4.78 is 7.49. The fourth-order valence-electron chi connectivity index (χ4n) is 3.53. The van der Waals surface area contributed by atoms with Crippen molar-refractivity contribution in [3.05, 3.63) is 66.4 Å². The first-order valence-corrected chi connectivity index (χ1v) is 8.73. The summed E-state index contributed by atoms with van der Waals surface area (Å²) in [5.41, 5.74) is 2.72. The second kappa shape index (κ2) is 6.73. The smallest absolute Gasteiger partial charge is 0.274 e. The fraction of sp³-hybridized carbons (Fsp3) is 0.286. The molecule has 0 unspecified atom stereocenters. The molecule has 2 aromatic carbocycles. The van der Waals surface area contributed by atoms with E-state index in [9.17, 15) is 4.79 Å². The van der Waals surface area contributed by atoms with Crippen LogP contribution >= 0.6 is 0 Å².